The third-order valence-electron chi connectivity index (χ3n) is 3.05. The molecule has 0 aromatic heterocycles. The molecule has 5 heteroatoms. The van der Waals surface area contributed by atoms with Crippen LogP contribution in [0.5, 0.6) is 0 Å². The average molecular weight is 206 g/mol. The second-order valence-electron chi connectivity index (χ2n) is 3.88. The molecule has 3 N–H and O–H groups in total. The standard InChI is InChI=1S/C10H14N4O/c1-2-6-14-9(15)13-8(11)10(14)4-3-5-12-7-10/h1,12H,3-7H2,(H2,11,13,15). The van der Waals surface area contributed by atoms with Gasteiger partial charge in [-0.1, -0.05) is 5.92 Å². The molecule has 0 bridgehead atoms. The number of hydrogen-bond donors (Lipinski definition) is 2. The van der Waals surface area contributed by atoms with Crippen molar-refractivity contribution in [1.29, 1.82) is 0 Å². The molecular weight excluding hydrogens is 192 g/mol. The summed E-state index contributed by atoms with van der Waals surface area (Å²) in [5, 5.41) is 3.23. The van der Waals surface area contributed by atoms with E-state index in [-0.39, 0.29) is 12.6 Å². The molecule has 0 saturated carbocycles. The molecule has 0 aromatic carbocycles. The number of aliphatic imine (C=N–C) groups is 1. The van der Waals surface area contributed by atoms with Gasteiger partial charge in [-0.2, -0.15) is 4.99 Å². The summed E-state index contributed by atoms with van der Waals surface area (Å²) in [5.74, 6) is 2.88. The second-order valence-corrected chi connectivity index (χ2v) is 3.88. The van der Waals surface area contributed by atoms with Crippen molar-refractivity contribution in [3.05, 3.63) is 0 Å². The van der Waals surface area contributed by atoms with Crippen LogP contribution in [0.15, 0.2) is 4.99 Å². The zero-order valence-corrected chi connectivity index (χ0v) is 8.49. The molecule has 2 rings (SSSR count). The van der Waals surface area contributed by atoms with E-state index in [9.17, 15) is 4.79 Å². The van der Waals surface area contributed by atoms with Crippen molar-refractivity contribution < 1.29 is 4.79 Å². The monoisotopic (exact) mass is 206 g/mol. The molecular formula is C10H14N4O. The second kappa shape index (κ2) is 3.55. The number of amidine groups is 1. The molecule has 2 aliphatic heterocycles. The maximum atomic E-state index is 11.6. The van der Waals surface area contributed by atoms with Gasteiger partial charge in [0.15, 0.2) is 0 Å². The molecule has 1 fully saturated rings. The highest BCUT2D eigenvalue weighted by atomic mass is 16.2. The number of urea groups is 1. The van der Waals surface area contributed by atoms with Gasteiger partial charge in [-0.15, -0.1) is 6.42 Å². The van der Waals surface area contributed by atoms with E-state index in [1.807, 2.05) is 0 Å². The maximum absolute atomic E-state index is 11.6. The maximum Gasteiger partial charge on any atom is 0.346 e. The molecule has 1 saturated heterocycles. The zero-order chi connectivity index (χ0) is 10.9. The molecule has 1 spiro atoms. The fourth-order valence-electron chi connectivity index (χ4n) is 2.24. The van der Waals surface area contributed by atoms with Crippen LogP contribution < -0.4 is 11.1 Å². The van der Waals surface area contributed by atoms with Crippen LogP contribution >= 0.6 is 0 Å². The number of hydrogen-bond acceptors (Lipinski definition) is 3. The van der Waals surface area contributed by atoms with Crippen LogP contribution in [0.3, 0.4) is 0 Å². The Bertz CT molecular complexity index is 349. The predicted octanol–water partition coefficient (Wildman–Crippen LogP) is -0.465. The third kappa shape index (κ3) is 1.38. The number of carbonyl (C=O) groups is 1. The van der Waals surface area contributed by atoms with Crippen LogP contribution in [0.1, 0.15) is 12.8 Å². The summed E-state index contributed by atoms with van der Waals surface area (Å²) in [6, 6.07) is -0.311. The SMILES string of the molecule is C#CCN1C(=O)N=C(N)C12CCCNC2. The van der Waals surface area contributed by atoms with Gasteiger partial charge < -0.3 is 11.1 Å². The molecule has 80 valence electrons. The number of piperidine rings is 1. The Morgan fingerprint density at radius 1 is 1.73 bits per heavy atom. The summed E-state index contributed by atoms with van der Waals surface area (Å²) >= 11 is 0. The minimum atomic E-state index is -0.471. The smallest absolute Gasteiger partial charge is 0.346 e. The van der Waals surface area contributed by atoms with Gasteiger partial charge in [0.25, 0.3) is 0 Å². The van der Waals surface area contributed by atoms with Crippen molar-refractivity contribution in [2.75, 3.05) is 19.6 Å². The van der Waals surface area contributed by atoms with Gasteiger partial charge in [-0.05, 0) is 19.4 Å². The van der Waals surface area contributed by atoms with Crippen molar-refractivity contribution in [1.82, 2.24) is 10.2 Å². The third-order valence-corrected chi connectivity index (χ3v) is 3.05. The molecule has 0 radical (unpaired) electrons. The first-order valence-electron chi connectivity index (χ1n) is 5.01. The lowest BCUT2D eigenvalue weighted by atomic mass is 9.88. The molecule has 1 atom stereocenters. The number of nitrogens with one attached hydrogen (secondary N) is 1. The van der Waals surface area contributed by atoms with E-state index >= 15 is 0 Å². The number of carbonyl (C=O) groups excluding carboxylic acids is 1. The van der Waals surface area contributed by atoms with E-state index in [0.717, 1.165) is 19.4 Å². The Labute approximate surface area is 88.7 Å². The normalized spacial score (nSPS) is 30.5. The van der Waals surface area contributed by atoms with Gasteiger partial charge >= 0.3 is 6.03 Å². The summed E-state index contributed by atoms with van der Waals surface area (Å²) in [7, 11) is 0. The van der Waals surface area contributed by atoms with E-state index in [4.69, 9.17) is 12.2 Å². The predicted molar refractivity (Wildman–Crippen MR) is 57.4 cm³/mol. The van der Waals surface area contributed by atoms with Crippen LogP contribution in [0.2, 0.25) is 0 Å². The van der Waals surface area contributed by atoms with Crippen molar-refractivity contribution in [3.8, 4) is 12.3 Å². The van der Waals surface area contributed by atoms with Gasteiger partial charge in [-0.25, -0.2) is 4.79 Å². The quantitative estimate of drug-likeness (QED) is 0.570. The largest absolute Gasteiger partial charge is 0.385 e. The fourth-order valence-corrected chi connectivity index (χ4v) is 2.24. The Balaban J connectivity index is 2.30. The number of nitrogens with two attached hydrogens (primary N) is 1. The molecule has 2 amide bonds. The van der Waals surface area contributed by atoms with Gasteiger partial charge in [0.2, 0.25) is 0 Å². The van der Waals surface area contributed by atoms with Gasteiger partial charge in [0.1, 0.15) is 11.4 Å². The van der Waals surface area contributed by atoms with Crippen LogP contribution in [-0.4, -0.2) is 41.9 Å². The van der Waals surface area contributed by atoms with Gasteiger partial charge in [-0.3, -0.25) is 4.90 Å². The molecule has 0 aromatic rings. The Morgan fingerprint density at radius 2 is 2.53 bits per heavy atom. The zero-order valence-electron chi connectivity index (χ0n) is 8.49. The lowest BCUT2D eigenvalue weighted by Crippen LogP contribution is -2.62. The van der Waals surface area contributed by atoms with Crippen LogP contribution in [0.4, 0.5) is 4.79 Å². The highest BCUT2D eigenvalue weighted by molar-refractivity contribution is 6.06. The Kier molecular flexibility index (Phi) is 2.37. The van der Waals surface area contributed by atoms with Crippen molar-refractivity contribution in [3.63, 3.8) is 0 Å². The van der Waals surface area contributed by atoms with Crippen molar-refractivity contribution in [2.24, 2.45) is 10.7 Å². The number of nitrogens with zero attached hydrogens (tertiary/aromatic N) is 2. The minimum absolute atomic E-state index is 0.269. The summed E-state index contributed by atoms with van der Waals surface area (Å²) in [4.78, 5) is 17.0. The first kappa shape index (κ1) is 9.99. The van der Waals surface area contributed by atoms with Crippen molar-refractivity contribution in [2.45, 2.75) is 18.4 Å². The number of amides is 2. The Hall–Kier alpha value is -1.54. The lowest BCUT2D eigenvalue weighted by Gasteiger charge is -2.40. The van der Waals surface area contributed by atoms with Crippen LogP contribution in [0, 0.1) is 12.3 Å². The molecule has 5 nitrogen and oxygen atoms in total. The highest BCUT2D eigenvalue weighted by Crippen LogP contribution is 2.29. The summed E-state index contributed by atoms with van der Waals surface area (Å²) < 4.78 is 0. The molecule has 0 aliphatic carbocycles. The number of rotatable bonds is 1. The summed E-state index contributed by atoms with van der Waals surface area (Å²) in [6.07, 6.45) is 7.06. The van der Waals surface area contributed by atoms with E-state index in [2.05, 4.69) is 16.2 Å². The molecule has 15 heavy (non-hydrogen) atoms. The van der Waals surface area contributed by atoms with E-state index in [1.165, 1.54) is 0 Å². The number of terminal acetylenes is 1. The highest BCUT2D eigenvalue weighted by Gasteiger charge is 2.48. The van der Waals surface area contributed by atoms with E-state index < -0.39 is 5.54 Å². The summed E-state index contributed by atoms with van der Waals surface area (Å²) in [6.45, 7) is 1.87. The van der Waals surface area contributed by atoms with Crippen LogP contribution in [-0.2, 0) is 0 Å². The topological polar surface area (TPSA) is 70.7 Å². The van der Waals surface area contributed by atoms with Crippen LogP contribution in [0.25, 0.3) is 0 Å². The molecule has 2 aliphatic rings. The average Bonchev–Trinajstić information content (AvgIpc) is 2.45. The van der Waals surface area contributed by atoms with E-state index in [0.29, 0.717) is 12.4 Å². The first-order chi connectivity index (χ1) is 7.20. The molecule has 1 unspecified atom stereocenters. The fraction of sp³-hybridized carbons (Fsp3) is 0.600. The van der Waals surface area contributed by atoms with Gasteiger partial charge in [0, 0.05) is 6.54 Å². The first-order valence-corrected chi connectivity index (χ1v) is 5.01. The van der Waals surface area contributed by atoms with Crippen molar-refractivity contribution >= 4 is 11.9 Å². The Morgan fingerprint density at radius 3 is 3.13 bits per heavy atom. The lowest BCUT2D eigenvalue weighted by molar-refractivity contribution is 0.162. The van der Waals surface area contributed by atoms with E-state index in [1.54, 1.807) is 4.90 Å². The minimum Gasteiger partial charge on any atom is -0.385 e. The molecule has 2 heterocycles. The summed E-state index contributed by atoms with van der Waals surface area (Å²) in [5.41, 5.74) is 5.36. The van der Waals surface area contributed by atoms with Gasteiger partial charge in [0.05, 0.1) is 6.54 Å².